The molecule has 1 aromatic heterocycles. The normalized spacial score (nSPS) is 28.7. The number of allylic oxidation sites excluding steroid dienone is 2. The van der Waals surface area contributed by atoms with Crippen LogP contribution in [-0.2, 0) is 30.3 Å². The number of aromatic hydroxyl groups is 2. The number of aliphatic hydroxyl groups is 2. The number of phenolic OH excluding ortho intramolecular Hbond substituents is 2. The molecular formula is C55H67N7O13. The molecule has 9 atom stereocenters. The Morgan fingerprint density at radius 1 is 0.933 bits per heavy atom. The number of hydrogen-bond acceptors (Lipinski definition) is 17. The van der Waals surface area contributed by atoms with E-state index in [1.54, 1.807) is 58.9 Å². The molecule has 6 N–H and O–H groups in total. The lowest BCUT2D eigenvalue weighted by molar-refractivity contribution is -0.164. The molecule has 9 rings (SSSR count). The number of esters is 1. The van der Waals surface area contributed by atoms with Gasteiger partial charge >= 0.3 is 17.7 Å². The van der Waals surface area contributed by atoms with Gasteiger partial charge in [0.05, 0.1) is 53.0 Å². The lowest BCUT2D eigenvalue weighted by Crippen LogP contribution is -2.47. The molecule has 75 heavy (non-hydrogen) atoms. The summed E-state index contributed by atoms with van der Waals surface area (Å²) in [4.78, 5) is 66.2. The molecule has 4 aromatic rings. The fourth-order valence-corrected chi connectivity index (χ4v) is 10.7. The van der Waals surface area contributed by atoms with Gasteiger partial charge in [-0.3, -0.25) is 19.4 Å². The number of aromatic carboxylic acids is 1. The van der Waals surface area contributed by atoms with Gasteiger partial charge in [-0.15, -0.1) is 5.10 Å². The van der Waals surface area contributed by atoms with Crippen molar-refractivity contribution in [1.82, 2.24) is 19.9 Å². The van der Waals surface area contributed by atoms with Gasteiger partial charge in [0.15, 0.2) is 5.75 Å². The maximum atomic E-state index is 15.0. The second-order valence-electron chi connectivity index (χ2n) is 21.0. The van der Waals surface area contributed by atoms with Gasteiger partial charge in [0, 0.05) is 92.3 Å². The van der Waals surface area contributed by atoms with Crippen LogP contribution < -0.4 is 20.8 Å². The molecule has 20 heteroatoms. The first-order valence-electron chi connectivity index (χ1n) is 25.3. The van der Waals surface area contributed by atoms with Crippen LogP contribution in [0.15, 0.2) is 76.6 Å². The zero-order valence-electron chi connectivity index (χ0n) is 43.9. The van der Waals surface area contributed by atoms with Crippen molar-refractivity contribution in [3.05, 3.63) is 94.0 Å². The molecular weight excluding hydrogens is 967 g/mol. The Morgan fingerprint density at radius 3 is 2.28 bits per heavy atom. The molecule has 3 aromatic carbocycles. The number of phenols is 2. The summed E-state index contributed by atoms with van der Waals surface area (Å²) in [5, 5.41) is 68.9. The van der Waals surface area contributed by atoms with Gasteiger partial charge < -0.3 is 54.7 Å². The molecule has 1 spiro atoms. The monoisotopic (exact) mass is 1030 g/mol. The van der Waals surface area contributed by atoms with Crippen LogP contribution in [0.5, 0.6) is 17.2 Å². The second kappa shape index (κ2) is 21.3. The van der Waals surface area contributed by atoms with E-state index >= 15 is 0 Å². The van der Waals surface area contributed by atoms with Crippen LogP contribution in [0.2, 0.25) is 0 Å². The first kappa shape index (κ1) is 54.3. The molecule has 0 saturated carbocycles. The van der Waals surface area contributed by atoms with Crippen molar-refractivity contribution in [2.24, 2.45) is 39.6 Å². The molecule has 0 aliphatic carbocycles. The van der Waals surface area contributed by atoms with Crippen molar-refractivity contribution < 1.29 is 63.7 Å². The smallest absolute Gasteiger partial charge is 0.335 e. The number of amides is 1. The highest BCUT2D eigenvalue weighted by atomic mass is 16.7. The van der Waals surface area contributed by atoms with Gasteiger partial charge in [-0.05, 0) is 38.0 Å². The average molecular weight is 1030 g/mol. The van der Waals surface area contributed by atoms with Crippen molar-refractivity contribution in [1.29, 1.82) is 0 Å². The Morgan fingerprint density at radius 2 is 1.63 bits per heavy atom. The summed E-state index contributed by atoms with van der Waals surface area (Å²) in [6.45, 7) is 17.6. The quantitative estimate of drug-likeness (QED) is 0.0954. The topological polar surface area (TPSA) is 277 Å². The summed E-state index contributed by atoms with van der Waals surface area (Å²) in [5.41, 5.74) is 0.751. The Hall–Kier alpha value is -7.00. The zero-order valence-corrected chi connectivity index (χ0v) is 43.9. The molecule has 5 bridgehead atoms. The van der Waals surface area contributed by atoms with Crippen molar-refractivity contribution in [3.8, 4) is 28.5 Å². The highest BCUT2D eigenvalue weighted by molar-refractivity contribution is 6.21. The number of anilines is 1. The Labute approximate surface area is 434 Å². The third-order valence-electron chi connectivity index (χ3n) is 15.1. The van der Waals surface area contributed by atoms with Crippen molar-refractivity contribution in [2.45, 2.75) is 118 Å². The number of fused-ring (bicyclic) bond motifs is 13. The SMILES string of the molecule is CO[C@H]1/C=C/O[C@@]2(C)Oc3c(C)c(O)c4c(O)c(c5c(c4c3C2=O)NC2(CCN(CC(C)C)CC2)N=5)=NC(=O)/C(C)=C\C=C\[C@H](C)[C@H](O)[C@@H](C)[C@@H](O)[C@@H](C)[C@H](OC(=O)Cn2cc(-c3ccc(C(=O)O)cc3)nn2)[C@@H]1C. The van der Waals surface area contributed by atoms with Crippen LogP contribution in [-0.4, -0.2) is 132 Å². The summed E-state index contributed by atoms with van der Waals surface area (Å²) >= 11 is 0. The van der Waals surface area contributed by atoms with E-state index in [0.29, 0.717) is 48.8 Å². The van der Waals surface area contributed by atoms with E-state index in [-0.39, 0.29) is 49.5 Å². The number of carboxylic acids is 1. The minimum atomic E-state index is -2.03. The Kier molecular flexibility index (Phi) is 15.4. The number of hydrogen-bond donors (Lipinski definition) is 6. The number of Topliss-reactive ketones (excluding diaryl/α,β-unsaturated/α-hetero) is 1. The molecule has 0 radical (unpaired) electrons. The van der Waals surface area contributed by atoms with Crippen molar-refractivity contribution in [3.63, 3.8) is 0 Å². The van der Waals surface area contributed by atoms with Crippen molar-refractivity contribution in [2.75, 3.05) is 32.1 Å². The minimum Gasteiger partial charge on any atom is -0.507 e. The first-order valence-corrected chi connectivity index (χ1v) is 25.3. The molecule has 1 amide bonds. The zero-order chi connectivity index (χ0) is 54.4. The number of carbonyl (C=O) groups excluding carboxylic acids is 3. The molecule has 20 nitrogen and oxygen atoms in total. The number of carbonyl (C=O) groups is 4. The molecule has 1 saturated heterocycles. The number of aliphatic hydroxyl groups excluding tert-OH is 2. The predicted octanol–water partition coefficient (Wildman–Crippen LogP) is 5.39. The van der Waals surface area contributed by atoms with Gasteiger partial charge in [0.2, 0.25) is 0 Å². The van der Waals surface area contributed by atoms with E-state index in [0.717, 1.165) is 6.54 Å². The molecule has 1 fully saturated rings. The van der Waals surface area contributed by atoms with Crippen LogP contribution >= 0.6 is 0 Å². The minimum absolute atomic E-state index is 0.0146. The number of nitrogens with one attached hydrogen (secondary N) is 1. The lowest BCUT2D eigenvalue weighted by atomic mass is 9.78. The lowest BCUT2D eigenvalue weighted by Gasteiger charge is -2.38. The number of aromatic nitrogens is 3. The van der Waals surface area contributed by atoms with Gasteiger partial charge in [0.25, 0.3) is 11.7 Å². The number of nitrogens with zero attached hydrogens (tertiary/aromatic N) is 6. The number of piperidine rings is 1. The van der Waals surface area contributed by atoms with E-state index in [2.05, 4.69) is 39.4 Å². The van der Waals surface area contributed by atoms with Crippen LogP contribution in [0, 0.1) is 36.5 Å². The van der Waals surface area contributed by atoms with Crippen LogP contribution in [0.25, 0.3) is 22.0 Å². The fraction of sp³-hybridized carbons (Fsp3) is 0.491. The standard InChI is InChI=1S/C55H67N7O13/c1-27(2)24-61-21-19-55(20-22-61)57-42-39-40-47(66)33(8)50-41(39)51(68)54(9,75-50)73-23-18-37(72-10)30(5)49(74-38(63)26-62-25-36(59-60-62)34-14-16-35(17-15-34)53(70)71)32(7)46(65)31(6)45(64)28(3)12-11-13-29(4)52(69)56-44(48(40)67)43(42)58-55/h11-18,23,25,27-28,30-32,37,45-46,49,57,64-67H,19-22,24,26H2,1-10H3,(H,70,71)/b12-11+,23-18+,29-13-,56-44?/t28-,30+,31+,32+,37-,45-,46+,49+,54-/m0/s1. The van der Waals surface area contributed by atoms with Crippen molar-refractivity contribution >= 4 is 40.1 Å². The third-order valence-corrected chi connectivity index (χ3v) is 15.1. The number of likely N-dealkylation sites (tertiary alicyclic amines) is 1. The number of rotatable bonds is 8. The van der Waals surface area contributed by atoms with Crippen LogP contribution in [0.1, 0.15) is 94.5 Å². The number of methoxy groups -OCH3 is 1. The third kappa shape index (κ3) is 10.5. The van der Waals surface area contributed by atoms with Crippen LogP contribution in [0.4, 0.5) is 5.69 Å². The maximum absolute atomic E-state index is 15.0. The van der Waals surface area contributed by atoms with Gasteiger partial charge in [0.1, 0.15) is 46.2 Å². The van der Waals surface area contributed by atoms with E-state index in [1.807, 2.05) is 0 Å². The molecule has 6 heterocycles. The van der Waals surface area contributed by atoms with E-state index in [1.165, 1.54) is 62.4 Å². The Bertz CT molecular complexity index is 3120. The number of benzene rings is 3. The number of ketones is 1. The number of carboxylic acid groups (broad SMARTS) is 1. The summed E-state index contributed by atoms with van der Waals surface area (Å²) in [6.07, 6.45) is 5.81. The summed E-state index contributed by atoms with van der Waals surface area (Å²) in [7, 11) is 1.43. The first-order chi connectivity index (χ1) is 35.5. The molecule has 5 aliphatic heterocycles. The Balaban J connectivity index is 1.18. The fourth-order valence-electron chi connectivity index (χ4n) is 10.7. The summed E-state index contributed by atoms with van der Waals surface area (Å²) in [5.74, 6) is -8.62. The van der Waals surface area contributed by atoms with E-state index < -0.39 is 101 Å². The summed E-state index contributed by atoms with van der Waals surface area (Å²) in [6, 6.07) is 6.01. The summed E-state index contributed by atoms with van der Waals surface area (Å²) < 4.78 is 26.0. The van der Waals surface area contributed by atoms with E-state index in [4.69, 9.17) is 23.9 Å². The maximum Gasteiger partial charge on any atom is 0.335 e. The highest BCUT2D eigenvalue weighted by Gasteiger charge is 2.51. The van der Waals surface area contributed by atoms with Gasteiger partial charge in [-0.1, -0.05) is 77.1 Å². The second-order valence-corrected chi connectivity index (χ2v) is 21.0. The van der Waals surface area contributed by atoms with Gasteiger partial charge in [-0.2, -0.15) is 0 Å². The largest absolute Gasteiger partial charge is 0.507 e. The average Bonchev–Trinajstić information content (AvgIpc) is 4.08. The predicted molar refractivity (Wildman–Crippen MR) is 274 cm³/mol. The molecule has 400 valence electrons. The molecule has 5 aliphatic rings. The van der Waals surface area contributed by atoms with E-state index in [9.17, 15) is 44.7 Å². The number of ether oxygens (including phenoxy) is 4. The highest BCUT2D eigenvalue weighted by Crippen LogP contribution is 2.51. The van der Waals surface area contributed by atoms with Gasteiger partial charge in [-0.25, -0.2) is 14.5 Å². The molecule has 0 unspecified atom stereocenters. The van der Waals surface area contributed by atoms with Crippen LogP contribution in [0.3, 0.4) is 0 Å².